The molecule has 3 N–H and O–H groups in total. The van der Waals surface area contributed by atoms with Crippen molar-refractivity contribution in [1.82, 2.24) is 50.1 Å². The monoisotopic (exact) mass is 1760 g/mol. The Bertz CT molecular complexity index is 6190. The smallest absolute Gasteiger partial charge is 0.260 e. The maximum absolute atomic E-state index is 14.7. The number of aliphatic imine (C=N–C) groups is 3. The summed E-state index contributed by atoms with van der Waals surface area (Å²) < 4.78 is 106. The number of aliphatic hydroxyl groups excluding tert-OH is 1. The number of aryl methyl sites for hydroxylation is 2. The second-order valence-corrected chi connectivity index (χ2v) is 35.0. The van der Waals surface area contributed by atoms with Crippen LogP contribution >= 0.6 is 0 Å². The Balaban J connectivity index is 0.000000128. The Morgan fingerprint density at radius 3 is 1.51 bits per heavy atom. The molecule has 0 bridgehead atoms. The van der Waals surface area contributed by atoms with Gasteiger partial charge < -0.3 is 20.1 Å². The molecule has 12 aromatic rings. The Kier molecular flexibility index (Phi) is 28.5. The number of ketones is 3. The SMILES string of the molecule is COc1cccc(F)c1CN1CC(CC(=O)c2ccc3c(c2)C(c2ccncc2)=NC3)CC(F)(F)C1.Cc1cc(C2=NCc3ccc(C(=O)C[C@@H]4CCCN(CC(O)c5ccccc5C)C4)cc32)ccn1.O=C(CC1CN(Cc2c(F)cccc2F)CC(F)(F)C1)c1ccc2c(c1)C(c1ccncc1)=NC2.O=C(NC1CCCCC1)c1ccc2[nH]nc(-c3ccncc3)c2c1. The normalized spacial score (nSPS) is 18.4. The van der Waals surface area contributed by atoms with E-state index in [2.05, 4.69) is 56.4 Å². The highest BCUT2D eigenvalue weighted by molar-refractivity contribution is 6.18. The number of carbonyl (C=O) groups is 4. The van der Waals surface area contributed by atoms with Gasteiger partial charge in [-0.05, 0) is 201 Å². The largest absolute Gasteiger partial charge is 0.496 e. The number of benzene rings is 7. The molecule has 1 aliphatic carbocycles. The third-order valence-corrected chi connectivity index (χ3v) is 25.3. The van der Waals surface area contributed by atoms with Gasteiger partial charge in [0.1, 0.15) is 28.9 Å². The number of amides is 1. The van der Waals surface area contributed by atoms with Gasteiger partial charge >= 0.3 is 0 Å². The van der Waals surface area contributed by atoms with Gasteiger partial charge in [-0.1, -0.05) is 92.1 Å². The Morgan fingerprint density at radius 2 is 0.977 bits per heavy atom. The van der Waals surface area contributed by atoms with Gasteiger partial charge in [0, 0.05) is 204 Å². The van der Waals surface area contributed by atoms with E-state index in [1.807, 2.05) is 141 Å². The number of aromatic amines is 1. The number of β-amino-alcohol motifs (C(OH)–C–C–N with tert-alkyl or cyclic N) is 1. The number of nitrogens with one attached hydrogen (secondary N) is 2. The number of pyridine rings is 4. The van der Waals surface area contributed by atoms with Gasteiger partial charge in [0.15, 0.2) is 17.3 Å². The molecule has 4 atom stereocenters. The van der Waals surface area contributed by atoms with Crippen LogP contribution in [0, 0.1) is 49.1 Å². The number of hydrogen-bond acceptors (Lipinski definition) is 17. The zero-order valence-corrected chi connectivity index (χ0v) is 72.8. The van der Waals surface area contributed by atoms with Crippen LogP contribution in [0.25, 0.3) is 22.2 Å². The predicted molar refractivity (Wildman–Crippen MR) is 487 cm³/mol. The highest BCUT2D eigenvalue weighted by Gasteiger charge is 2.44. The first-order chi connectivity index (χ1) is 62.9. The summed E-state index contributed by atoms with van der Waals surface area (Å²) >= 11 is 0. The molecule has 6 aliphatic heterocycles. The average molecular weight is 1760 g/mol. The lowest BCUT2D eigenvalue weighted by Gasteiger charge is -2.37. The highest BCUT2D eigenvalue weighted by atomic mass is 19.3. The van der Waals surface area contributed by atoms with Gasteiger partial charge in [-0.15, -0.1) is 0 Å². The number of piperidine rings is 3. The van der Waals surface area contributed by atoms with Crippen LogP contribution in [0.2, 0.25) is 0 Å². The molecule has 4 fully saturated rings. The van der Waals surface area contributed by atoms with E-state index in [4.69, 9.17) is 9.73 Å². The summed E-state index contributed by atoms with van der Waals surface area (Å²) in [5.74, 6) is -8.85. The summed E-state index contributed by atoms with van der Waals surface area (Å²) in [5, 5.41) is 22.4. The van der Waals surface area contributed by atoms with Crippen molar-refractivity contribution in [3.63, 3.8) is 0 Å². The van der Waals surface area contributed by atoms with Gasteiger partial charge in [-0.3, -0.25) is 69.0 Å². The van der Waals surface area contributed by atoms with Gasteiger partial charge in [-0.2, -0.15) is 5.10 Å². The first kappa shape index (κ1) is 90.6. The Morgan fingerprint density at radius 1 is 0.500 bits per heavy atom. The molecule has 19 rings (SSSR count). The maximum atomic E-state index is 14.7. The van der Waals surface area contributed by atoms with Gasteiger partial charge in [-0.25, -0.2) is 30.7 Å². The number of H-pyrrole nitrogens is 1. The lowest BCUT2D eigenvalue weighted by Crippen LogP contribution is -2.47. The van der Waals surface area contributed by atoms with Crippen molar-refractivity contribution in [1.29, 1.82) is 0 Å². The van der Waals surface area contributed by atoms with Crippen LogP contribution in [-0.2, 0) is 32.7 Å². The molecule has 130 heavy (non-hydrogen) atoms. The number of alkyl halides is 4. The molecule has 0 radical (unpaired) electrons. The molecular weight excluding hydrogens is 1660 g/mol. The number of hydrogen-bond donors (Lipinski definition) is 3. The summed E-state index contributed by atoms with van der Waals surface area (Å²) in [6.45, 7) is 7.20. The van der Waals surface area contributed by atoms with Crippen molar-refractivity contribution >= 4 is 51.3 Å². The number of methoxy groups -OCH3 is 1. The molecule has 26 heteroatoms. The number of fused-ring (bicyclic) bond motifs is 4. The Labute approximate surface area is 750 Å². The van der Waals surface area contributed by atoms with Crippen molar-refractivity contribution in [2.24, 2.45) is 32.7 Å². The lowest BCUT2D eigenvalue weighted by atomic mass is 9.88. The molecule has 0 spiro atoms. The molecule has 7 aliphatic rings. The van der Waals surface area contributed by atoms with Crippen LogP contribution in [0.1, 0.15) is 203 Å². The van der Waals surface area contributed by atoms with Gasteiger partial charge in [0.05, 0.1) is 68.6 Å². The van der Waals surface area contributed by atoms with Crippen LogP contribution < -0.4 is 10.1 Å². The second-order valence-electron chi connectivity index (χ2n) is 35.0. The number of carbonyl (C=O) groups excluding carboxylic acids is 4. The third-order valence-electron chi connectivity index (χ3n) is 25.3. The highest BCUT2D eigenvalue weighted by Crippen LogP contribution is 2.40. The first-order valence-electron chi connectivity index (χ1n) is 44.4. The van der Waals surface area contributed by atoms with Crippen molar-refractivity contribution < 1.29 is 59.8 Å². The fourth-order valence-electron chi connectivity index (χ4n) is 19.0. The summed E-state index contributed by atoms with van der Waals surface area (Å²) in [6.07, 6.45) is 19.1. The summed E-state index contributed by atoms with van der Waals surface area (Å²) in [5.41, 5.74) is 19.6. The fraction of sp³-hybridized carbons (Fsp3) is 0.327. The van der Waals surface area contributed by atoms with Crippen molar-refractivity contribution in [2.45, 2.75) is 148 Å². The first-order valence-corrected chi connectivity index (χ1v) is 44.4. The van der Waals surface area contributed by atoms with Crippen LogP contribution in [0.4, 0.5) is 30.7 Å². The standard InChI is InChI=1S/C30H33N3O2.C28H26F3N3O2.C27H23F4N3O.C19H20N4O/c1-20-6-3-4-8-26(20)29(35)19-33-13-5-7-22(18-33)15-28(34)23-9-10-25-17-32-30(27(25)16-23)24-11-12-31-21(2)14-24;1-36-26-4-2-3-24(29)23(26)16-34-15-18(13-28(30,31)17-34)11-25(35)20-5-6-21-14-33-27(22(21)12-20)19-7-9-32-10-8-19;28-23-2-1-3-24(29)22(23)15-34-14-17(12-27(30,31)16-34)10-25(35)19-4-5-20-13-33-26(21(20)11-19)18-6-8-32-9-7-18;24-19(21-15-4-2-1-3-5-15)14-6-7-17-16(12-14)18(23-22-17)13-8-10-20-11-9-13/h3-4,6,8-12,14,16,22,29,35H,5,7,13,15,17-19H2,1-2H3;2-10,12,18H,11,13-17H2,1H3;1-9,11,17H,10,12-16H2;6-12,15H,1-5H2,(H,21,24)(H,22,23)/t22-,29?;;;/m0.../s1. The van der Waals surface area contributed by atoms with E-state index in [9.17, 15) is 55.0 Å². The summed E-state index contributed by atoms with van der Waals surface area (Å²) in [6, 6.07) is 54.0. The lowest BCUT2D eigenvalue weighted by molar-refractivity contribution is -0.0873. The summed E-state index contributed by atoms with van der Waals surface area (Å²) in [7, 11) is 1.42. The number of likely N-dealkylation sites (tertiary alicyclic amines) is 3. The quantitative estimate of drug-likeness (QED) is 0.0399. The number of aliphatic hydroxyl groups is 1. The zero-order valence-electron chi connectivity index (χ0n) is 72.8. The molecule has 5 aromatic heterocycles. The average Bonchev–Trinajstić information content (AvgIpc) is 1.67. The number of nitrogens with zero attached hydrogens (tertiary/aromatic N) is 11. The molecule has 3 saturated heterocycles. The minimum absolute atomic E-state index is 0.00526. The van der Waals surface area contributed by atoms with Crippen molar-refractivity contribution in [3.05, 3.63) is 343 Å². The van der Waals surface area contributed by atoms with Gasteiger partial charge in [0.25, 0.3) is 17.8 Å². The molecule has 1 saturated carbocycles. The second kappa shape index (κ2) is 40.9. The third kappa shape index (κ3) is 22.2. The molecular formula is C104H102F7N13O6. The molecule has 11 heterocycles. The van der Waals surface area contributed by atoms with Crippen LogP contribution in [0.15, 0.2) is 240 Å². The number of rotatable bonds is 23. The Hall–Kier alpha value is -12.8. The number of aromatic nitrogens is 6. The zero-order chi connectivity index (χ0) is 90.6. The molecule has 7 aromatic carbocycles. The van der Waals surface area contributed by atoms with E-state index < -0.39 is 66.7 Å². The minimum Gasteiger partial charge on any atom is -0.496 e. The number of halogens is 7. The fourth-order valence-corrected chi connectivity index (χ4v) is 19.0. The van der Waals surface area contributed by atoms with Crippen LogP contribution in [0.5, 0.6) is 5.75 Å². The summed E-state index contributed by atoms with van der Waals surface area (Å²) in [4.78, 5) is 87.7. The molecule has 3 unspecified atom stereocenters. The molecule has 668 valence electrons. The molecule has 19 nitrogen and oxygen atoms in total. The van der Waals surface area contributed by atoms with Crippen LogP contribution in [-0.4, -0.2) is 161 Å². The maximum Gasteiger partial charge on any atom is 0.260 e. The van der Waals surface area contributed by atoms with E-state index in [-0.39, 0.29) is 79.8 Å². The van der Waals surface area contributed by atoms with E-state index in [0.29, 0.717) is 67.0 Å². The number of ether oxygens (including phenoxy) is 1. The van der Waals surface area contributed by atoms with E-state index in [1.54, 1.807) is 61.4 Å². The van der Waals surface area contributed by atoms with Crippen molar-refractivity contribution in [2.75, 3.05) is 52.9 Å². The topological polar surface area (TPSA) is 237 Å². The van der Waals surface area contributed by atoms with Crippen LogP contribution in [0.3, 0.4) is 0 Å². The number of Topliss-reactive ketones (excluding diaryl/α,β-unsaturated/α-hetero) is 3. The van der Waals surface area contributed by atoms with Gasteiger partial charge in [0.2, 0.25) is 0 Å². The van der Waals surface area contributed by atoms with E-state index in [0.717, 1.165) is 157 Å². The van der Waals surface area contributed by atoms with Crippen molar-refractivity contribution in [3.8, 4) is 17.0 Å². The van der Waals surface area contributed by atoms with E-state index >= 15 is 0 Å². The minimum atomic E-state index is -3.05. The predicted octanol–water partition coefficient (Wildman–Crippen LogP) is 19.5. The van der Waals surface area contributed by atoms with E-state index in [1.165, 1.54) is 59.9 Å². The molecule has 1 amide bonds.